The van der Waals surface area contributed by atoms with E-state index in [0.717, 1.165) is 37.7 Å². The second-order valence-corrected chi connectivity index (χ2v) is 5.55. The second kappa shape index (κ2) is 10.9. The molecule has 1 amide bonds. The standard InChI is InChI=1S/C17H21N5O2.2ClH/c18-10-15-9-14(3-4-19-15)17(23)21-12-13-1-2-16(20-11-13)22-5-7-24-8-6-22;;/h1-4,9,11H,5-8,10,12,18H2,(H,21,23);2*1H. The van der Waals surface area contributed by atoms with E-state index in [2.05, 4.69) is 20.2 Å². The molecule has 2 aromatic heterocycles. The molecule has 9 heteroatoms. The first kappa shape index (κ1) is 22.1. The third-order valence-electron chi connectivity index (χ3n) is 3.89. The van der Waals surface area contributed by atoms with Crippen LogP contribution in [0.1, 0.15) is 21.6 Å². The minimum atomic E-state index is -0.149. The maximum Gasteiger partial charge on any atom is 0.251 e. The van der Waals surface area contributed by atoms with Crippen molar-refractivity contribution in [3.05, 3.63) is 53.5 Å². The van der Waals surface area contributed by atoms with E-state index in [-0.39, 0.29) is 30.7 Å². The van der Waals surface area contributed by atoms with Gasteiger partial charge in [0, 0.05) is 44.1 Å². The van der Waals surface area contributed by atoms with Crippen molar-refractivity contribution in [3.8, 4) is 0 Å². The van der Waals surface area contributed by atoms with Crippen LogP contribution in [-0.4, -0.2) is 42.2 Å². The van der Waals surface area contributed by atoms with Gasteiger partial charge in [-0.3, -0.25) is 9.78 Å². The number of hydrogen-bond donors (Lipinski definition) is 2. The van der Waals surface area contributed by atoms with Gasteiger partial charge in [0.15, 0.2) is 0 Å². The van der Waals surface area contributed by atoms with Gasteiger partial charge in [0.2, 0.25) is 0 Å². The summed E-state index contributed by atoms with van der Waals surface area (Å²) in [5.41, 5.74) is 7.75. The van der Waals surface area contributed by atoms with Gasteiger partial charge in [0.05, 0.1) is 18.9 Å². The molecule has 142 valence electrons. The summed E-state index contributed by atoms with van der Waals surface area (Å²) in [5, 5.41) is 2.88. The van der Waals surface area contributed by atoms with Gasteiger partial charge in [0.1, 0.15) is 5.82 Å². The number of morpholine rings is 1. The summed E-state index contributed by atoms with van der Waals surface area (Å²) in [5.74, 6) is 0.791. The number of nitrogens with zero attached hydrogens (tertiary/aromatic N) is 3. The average Bonchev–Trinajstić information content (AvgIpc) is 2.67. The highest BCUT2D eigenvalue weighted by Gasteiger charge is 2.12. The molecule has 1 saturated heterocycles. The summed E-state index contributed by atoms with van der Waals surface area (Å²) in [4.78, 5) is 22.9. The van der Waals surface area contributed by atoms with Crippen LogP contribution in [0.2, 0.25) is 0 Å². The Balaban J connectivity index is 0.00000169. The van der Waals surface area contributed by atoms with Gasteiger partial charge in [-0.25, -0.2) is 4.98 Å². The van der Waals surface area contributed by atoms with Gasteiger partial charge < -0.3 is 20.7 Å². The highest BCUT2D eigenvalue weighted by Crippen LogP contribution is 2.13. The molecule has 3 heterocycles. The van der Waals surface area contributed by atoms with Gasteiger partial charge in [-0.1, -0.05) is 6.07 Å². The highest BCUT2D eigenvalue weighted by atomic mass is 35.5. The number of nitrogens with one attached hydrogen (secondary N) is 1. The highest BCUT2D eigenvalue weighted by molar-refractivity contribution is 5.94. The molecule has 0 bridgehead atoms. The Kier molecular flexibility index (Phi) is 9.29. The number of aromatic nitrogens is 2. The lowest BCUT2D eigenvalue weighted by Crippen LogP contribution is -2.36. The Hall–Kier alpha value is -1.93. The summed E-state index contributed by atoms with van der Waals surface area (Å²) < 4.78 is 5.34. The minimum absolute atomic E-state index is 0. The molecule has 1 aliphatic rings. The molecule has 0 aromatic carbocycles. The second-order valence-electron chi connectivity index (χ2n) is 5.55. The van der Waals surface area contributed by atoms with Crippen LogP contribution < -0.4 is 16.0 Å². The molecule has 2 aromatic rings. The van der Waals surface area contributed by atoms with Crippen molar-refractivity contribution in [1.29, 1.82) is 0 Å². The topological polar surface area (TPSA) is 93.4 Å². The molecule has 0 atom stereocenters. The molecular weight excluding hydrogens is 377 g/mol. The van der Waals surface area contributed by atoms with Crippen LogP contribution in [0.4, 0.5) is 5.82 Å². The Morgan fingerprint density at radius 3 is 2.62 bits per heavy atom. The molecule has 0 unspecified atom stereocenters. The lowest BCUT2D eigenvalue weighted by atomic mass is 10.2. The van der Waals surface area contributed by atoms with Crippen LogP contribution in [0, 0.1) is 0 Å². The maximum absolute atomic E-state index is 12.2. The number of ether oxygens (including phenoxy) is 1. The largest absolute Gasteiger partial charge is 0.378 e. The van der Waals surface area contributed by atoms with Crippen LogP contribution in [0.25, 0.3) is 0 Å². The molecule has 0 aliphatic carbocycles. The van der Waals surface area contributed by atoms with Gasteiger partial charge in [-0.05, 0) is 23.8 Å². The van der Waals surface area contributed by atoms with E-state index >= 15 is 0 Å². The number of halogens is 2. The third-order valence-corrected chi connectivity index (χ3v) is 3.89. The van der Waals surface area contributed by atoms with E-state index in [4.69, 9.17) is 10.5 Å². The van der Waals surface area contributed by atoms with Crippen molar-refractivity contribution in [2.24, 2.45) is 5.73 Å². The first-order chi connectivity index (χ1) is 11.8. The molecular formula is C17H23Cl2N5O2. The Morgan fingerprint density at radius 1 is 1.19 bits per heavy atom. The fourth-order valence-corrected chi connectivity index (χ4v) is 2.52. The van der Waals surface area contributed by atoms with Gasteiger partial charge in [0.25, 0.3) is 5.91 Å². The Labute approximate surface area is 165 Å². The predicted molar refractivity (Wildman–Crippen MR) is 105 cm³/mol. The number of carbonyl (C=O) groups excluding carboxylic acids is 1. The van der Waals surface area contributed by atoms with E-state index in [9.17, 15) is 4.79 Å². The number of pyridine rings is 2. The van der Waals surface area contributed by atoms with Gasteiger partial charge in [-0.15, -0.1) is 24.8 Å². The number of nitrogens with two attached hydrogens (primary N) is 1. The molecule has 3 N–H and O–H groups in total. The van der Waals surface area contributed by atoms with Crippen molar-refractivity contribution in [1.82, 2.24) is 15.3 Å². The Morgan fingerprint density at radius 2 is 1.96 bits per heavy atom. The van der Waals surface area contributed by atoms with Crippen LogP contribution in [0.5, 0.6) is 0 Å². The number of rotatable bonds is 5. The van der Waals surface area contributed by atoms with E-state index in [0.29, 0.717) is 24.3 Å². The number of amides is 1. The first-order valence-corrected chi connectivity index (χ1v) is 7.97. The SMILES string of the molecule is Cl.Cl.NCc1cc(C(=O)NCc2ccc(N3CCOCC3)nc2)ccn1. The molecule has 3 rings (SSSR count). The smallest absolute Gasteiger partial charge is 0.251 e. The number of carbonyl (C=O) groups is 1. The summed E-state index contributed by atoms with van der Waals surface area (Å²) in [6.07, 6.45) is 3.39. The summed E-state index contributed by atoms with van der Waals surface area (Å²) >= 11 is 0. The molecule has 1 fully saturated rings. The zero-order chi connectivity index (χ0) is 16.8. The minimum Gasteiger partial charge on any atom is -0.378 e. The van der Waals surface area contributed by atoms with E-state index < -0.39 is 0 Å². The monoisotopic (exact) mass is 399 g/mol. The fraction of sp³-hybridized carbons (Fsp3) is 0.353. The molecule has 7 nitrogen and oxygen atoms in total. The number of hydrogen-bond acceptors (Lipinski definition) is 6. The zero-order valence-corrected chi connectivity index (χ0v) is 15.9. The third kappa shape index (κ3) is 5.81. The lowest BCUT2D eigenvalue weighted by Gasteiger charge is -2.27. The van der Waals surface area contributed by atoms with Gasteiger partial charge in [-0.2, -0.15) is 0 Å². The van der Waals surface area contributed by atoms with Crippen LogP contribution in [0.3, 0.4) is 0 Å². The summed E-state index contributed by atoms with van der Waals surface area (Å²) in [6, 6.07) is 7.34. The van der Waals surface area contributed by atoms with E-state index in [1.54, 1.807) is 24.5 Å². The van der Waals surface area contributed by atoms with Crippen molar-refractivity contribution >= 4 is 36.5 Å². The first-order valence-electron chi connectivity index (χ1n) is 7.97. The number of anilines is 1. The predicted octanol–water partition coefficient (Wildman–Crippen LogP) is 1.55. The summed E-state index contributed by atoms with van der Waals surface area (Å²) in [6.45, 7) is 3.92. The normalized spacial score (nSPS) is 13.3. The van der Waals surface area contributed by atoms with Gasteiger partial charge >= 0.3 is 0 Å². The van der Waals surface area contributed by atoms with Crippen molar-refractivity contribution in [2.45, 2.75) is 13.1 Å². The maximum atomic E-state index is 12.2. The van der Waals surface area contributed by atoms with Crippen molar-refractivity contribution in [2.75, 3.05) is 31.2 Å². The Bertz CT molecular complexity index is 694. The van der Waals surface area contributed by atoms with Crippen molar-refractivity contribution < 1.29 is 9.53 Å². The quantitative estimate of drug-likeness (QED) is 0.791. The average molecular weight is 400 g/mol. The zero-order valence-electron chi connectivity index (χ0n) is 14.3. The van der Waals surface area contributed by atoms with Crippen molar-refractivity contribution in [3.63, 3.8) is 0 Å². The van der Waals surface area contributed by atoms with Crippen LogP contribution in [-0.2, 0) is 17.8 Å². The lowest BCUT2D eigenvalue weighted by molar-refractivity contribution is 0.0950. The molecule has 0 radical (unpaired) electrons. The summed E-state index contributed by atoms with van der Waals surface area (Å²) in [7, 11) is 0. The molecule has 1 aliphatic heterocycles. The van der Waals surface area contributed by atoms with E-state index in [1.807, 2.05) is 12.1 Å². The van der Waals surface area contributed by atoms with Crippen LogP contribution in [0.15, 0.2) is 36.7 Å². The molecule has 0 saturated carbocycles. The van der Waals surface area contributed by atoms with Crippen LogP contribution >= 0.6 is 24.8 Å². The molecule has 26 heavy (non-hydrogen) atoms. The molecule has 0 spiro atoms. The van der Waals surface area contributed by atoms with E-state index in [1.165, 1.54) is 0 Å². The fourth-order valence-electron chi connectivity index (χ4n) is 2.52.